The van der Waals surface area contributed by atoms with E-state index in [1.165, 1.54) is 0 Å². The number of fused-ring (bicyclic) bond motifs is 10. The van der Waals surface area contributed by atoms with Crippen LogP contribution >= 0.6 is 0 Å². The molecule has 0 saturated carbocycles. The highest BCUT2D eigenvalue weighted by atomic mass is 16.3. The van der Waals surface area contributed by atoms with Gasteiger partial charge in [-0.3, -0.25) is 0 Å². The normalized spacial score (nSPS) is 11.6. The molecule has 71 heavy (non-hydrogen) atoms. The monoisotopic (exact) mass is 906 g/mol. The summed E-state index contributed by atoms with van der Waals surface area (Å²) in [6.07, 6.45) is 0. The second-order valence-corrected chi connectivity index (χ2v) is 17.9. The number of nitriles is 1. The van der Waals surface area contributed by atoms with Gasteiger partial charge in [0.1, 0.15) is 5.58 Å². The van der Waals surface area contributed by atoms with Crippen molar-refractivity contribution in [3.05, 3.63) is 236 Å². The highest BCUT2D eigenvalue weighted by Gasteiger charge is 2.25. The van der Waals surface area contributed by atoms with Crippen molar-refractivity contribution >= 4 is 65.6 Å². The number of aromatic nitrogens is 5. The van der Waals surface area contributed by atoms with Crippen LogP contribution < -0.4 is 0 Å². The number of para-hydroxylation sites is 4. The molecule has 14 rings (SSSR count). The average Bonchev–Trinajstić information content (AvgIpc) is 4.11. The summed E-state index contributed by atoms with van der Waals surface area (Å²) in [5.41, 5.74) is 14.8. The fourth-order valence-corrected chi connectivity index (χ4v) is 10.6. The maximum Gasteiger partial charge on any atom is 0.166 e. The topological polar surface area (TPSA) is 85.5 Å². The van der Waals surface area contributed by atoms with Crippen molar-refractivity contribution in [3.63, 3.8) is 0 Å². The molecule has 0 unspecified atom stereocenters. The van der Waals surface area contributed by atoms with E-state index in [9.17, 15) is 5.26 Å². The van der Waals surface area contributed by atoms with Gasteiger partial charge in [-0.15, -0.1) is 0 Å². The summed E-state index contributed by atoms with van der Waals surface area (Å²) in [5.74, 6) is 1.49. The first-order chi connectivity index (χ1) is 35.2. The lowest BCUT2D eigenvalue weighted by Gasteiger charge is -2.16. The van der Waals surface area contributed by atoms with Gasteiger partial charge in [-0.05, 0) is 82.9 Å². The van der Waals surface area contributed by atoms with Crippen LogP contribution in [0.3, 0.4) is 0 Å². The van der Waals surface area contributed by atoms with Crippen LogP contribution in [0, 0.1) is 11.3 Å². The minimum atomic E-state index is 0.449. The molecule has 14 aromatic rings. The Morgan fingerprint density at radius 2 is 0.915 bits per heavy atom. The Hall–Kier alpha value is -9.90. The SMILES string of the molecule is N#Cc1ccc(-n2c3ccccc3c3ccc4c(c5ccccc5n4-c4cccc5c4oc4ccccc45)c32)c(-c2nc(-c3cccc(-c4ccccc4)c3)nc(-c3cccc(-c4ccccc4)c3)n2)c1. The number of hydrogen-bond donors (Lipinski definition) is 0. The minimum Gasteiger partial charge on any atom is -0.454 e. The Labute approximate surface area is 407 Å². The lowest BCUT2D eigenvalue weighted by atomic mass is 10.0. The Balaban J connectivity index is 1.06. The van der Waals surface area contributed by atoms with Gasteiger partial charge in [0.25, 0.3) is 0 Å². The van der Waals surface area contributed by atoms with Crippen LogP contribution in [0.15, 0.2) is 235 Å². The zero-order chi connectivity index (χ0) is 47.0. The van der Waals surface area contributed by atoms with E-state index in [2.05, 4.69) is 155 Å². The standard InChI is InChI=1S/C64H38N6O/c65-39-40-32-34-55(52(36-40)64-67-62(45-22-13-20-43(37-45)41-16-3-1-4-17-41)66-63(68-64)46-23-14-21-44(38-46)42-18-5-2-6-19-42)70-53-28-10-7-24-47(53)49-33-35-56-59(60(49)70)51-26-8-11-29-54(51)69(56)57-30-15-27-50-48-25-9-12-31-58(48)71-61(50)57/h1-38H. The molecule has 0 fully saturated rings. The Kier molecular flexibility index (Phi) is 9.13. The highest BCUT2D eigenvalue weighted by Crippen LogP contribution is 2.45. The van der Waals surface area contributed by atoms with E-state index in [1.807, 2.05) is 91.0 Å². The fourth-order valence-electron chi connectivity index (χ4n) is 10.6. The van der Waals surface area contributed by atoms with Gasteiger partial charge >= 0.3 is 0 Å². The summed E-state index contributed by atoms with van der Waals surface area (Å²) >= 11 is 0. The van der Waals surface area contributed by atoms with Gasteiger partial charge in [0, 0.05) is 49.0 Å². The molecule has 0 spiro atoms. The first-order valence-electron chi connectivity index (χ1n) is 23.7. The zero-order valence-corrected chi connectivity index (χ0v) is 38.0. The van der Waals surface area contributed by atoms with Crippen LogP contribution in [0.1, 0.15) is 5.56 Å². The van der Waals surface area contributed by atoms with E-state index >= 15 is 0 Å². The van der Waals surface area contributed by atoms with Gasteiger partial charge < -0.3 is 13.6 Å². The van der Waals surface area contributed by atoms with Gasteiger partial charge in [-0.25, -0.2) is 15.0 Å². The molecule has 0 radical (unpaired) electrons. The summed E-state index contributed by atoms with van der Waals surface area (Å²) in [4.78, 5) is 16.0. The Morgan fingerprint density at radius 3 is 1.61 bits per heavy atom. The van der Waals surface area contributed by atoms with Crippen LogP contribution in [0.4, 0.5) is 0 Å². The molecule has 330 valence electrons. The number of furan rings is 1. The van der Waals surface area contributed by atoms with E-state index < -0.39 is 0 Å². The number of rotatable bonds is 7. The van der Waals surface area contributed by atoms with Crippen molar-refractivity contribution in [1.29, 1.82) is 5.26 Å². The van der Waals surface area contributed by atoms with Gasteiger partial charge in [-0.2, -0.15) is 5.26 Å². The third-order valence-electron chi connectivity index (χ3n) is 13.8. The molecule has 0 atom stereocenters. The number of benzene rings is 10. The molecule has 7 nitrogen and oxygen atoms in total. The van der Waals surface area contributed by atoms with Crippen LogP contribution in [-0.4, -0.2) is 24.1 Å². The Morgan fingerprint density at radius 1 is 0.366 bits per heavy atom. The number of hydrogen-bond acceptors (Lipinski definition) is 5. The second-order valence-electron chi connectivity index (χ2n) is 17.9. The predicted molar refractivity (Wildman–Crippen MR) is 288 cm³/mol. The van der Waals surface area contributed by atoms with E-state index in [0.29, 0.717) is 28.6 Å². The molecular formula is C64H38N6O. The lowest BCUT2D eigenvalue weighted by molar-refractivity contribution is 0.666. The minimum absolute atomic E-state index is 0.449. The van der Waals surface area contributed by atoms with Crippen molar-refractivity contribution in [2.75, 3.05) is 0 Å². The van der Waals surface area contributed by atoms with Crippen molar-refractivity contribution in [2.45, 2.75) is 0 Å². The molecule has 0 amide bonds. The van der Waals surface area contributed by atoms with Crippen molar-refractivity contribution in [2.24, 2.45) is 0 Å². The molecule has 10 aromatic carbocycles. The summed E-state index contributed by atoms with van der Waals surface area (Å²) in [6, 6.07) is 81.9. The quantitative estimate of drug-likeness (QED) is 0.159. The molecular weight excluding hydrogens is 869 g/mol. The van der Waals surface area contributed by atoms with E-state index in [1.54, 1.807) is 0 Å². The van der Waals surface area contributed by atoms with E-state index in [0.717, 1.165) is 110 Å². The van der Waals surface area contributed by atoms with Crippen molar-refractivity contribution in [1.82, 2.24) is 24.1 Å². The second kappa shape index (κ2) is 16.1. The maximum atomic E-state index is 10.6. The summed E-state index contributed by atoms with van der Waals surface area (Å²) in [7, 11) is 0. The maximum absolute atomic E-state index is 10.6. The first-order valence-corrected chi connectivity index (χ1v) is 23.7. The summed E-state index contributed by atoms with van der Waals surface area (Å²) in [5, 5.41) is 17.1. The number of nitrogens with zero attached hydrogens (tertiary/aromatic N) is 6. The van der Waals surface area contributed by atoms with Crippen LogP contribution in [0.5, 0.6) is 0 Å². The van der Waals surface area contributed by atoms with Crippen molar-refractivity contribution < 1.29 is 4.42 Å². The van der Waals surface area contributed by atoms with Crippen LogP contribution in [0.2, 0.25) is 0 Å². The largest absolute Gasteiger partial charge is 0.454 e. The van der Waals surface area contributed by atoms with Gasteiger partial charge in [-0.1, -0.05) is 170 Å². The molecule has 0 bridgehead atoms. The van der Waals surface area contributed by atoms with Gasteiger partial charge in [0.15, 0.2) is 23.1 Å². The third kappa shape index (κ3) is 6.47. The van der Waals surface area contributed by atoms with E-state index in [-0.39, 0.29) is 0 Å². The predicted octanol–water partition coefficient (Wildman–Crippen LogP) is 16.2. The highest BCUT2D eigenvalue weighted by molar-refractivity contribution is 6.26. The fraction of sp³-hybridized carbons (Fsp3) is 0. The van der Waals surface area contributed by atoms with Crippen LogP contribution in [-0.2, 0) is 0 Å². The average molecular weight is 907 g/mol. The van der Waals surface area contributed by atoms with E-state index in [4.69, 9.17) is 19.4 Å². The molecule has 4 heterocycles. The third-order valence-corrected chi connectivity index (χ3v) is 13.8. The molecule has 0 aliphatic heterocycles. The molecule has 7 heteroatoms. The zero-order valence-electron chi connectivity index (χ0n) is 38.0. The Bertz CT molecular complexity index is 4380. The summed E-state index contributed by atoms with van der Waals surface area (Å²) in [6.45, 7) is 0. The lowest BCUT2D eigenvalue weighted by Crippen LogP contribution is -2.04. The molecule has 4 aromatic heterocycles. The smallest absolute Gasteiger partial charge is 0.166 e. The molecule has 0 aliphatic carbocycles. The summed E-state index contributed by atoms with van der Waals surface area (Å²) < 4.78 is 11.4. The van der Waals surface area contributed by atoms with Crippen molar-refractivity contribution in [3.8, 4) is 73.9 Å². The van der Waals surface area contributed by atoms with Crippen LogP contribution in [0.25, 0.3) is 133 Å². The molecule has 0 saturated heterocycles. The molecule has 0 aliphatic rings. The van der Waals surface area contributed by atoms with Gasteiger partial charge in [0.05, 0.1) is 45.1 Å². The molecule has 0 N–H and O–H groups in total. The first kappa shape index (κ1) is 40.2. The van der Waals surface area contributed by atoms with Gasteiger partial charge in [0.2, 0.25) is 0 Å².